The van der Waals surface area contributed by atoms with Gasteiger partial charge in [0.25, 0.3) is 0 Å². The average Bonchev–Trinajstić information content (AvgIpc) is 1.93. The fourth-order valence-electron chi connectivity index (χ4n) is 1.26. The Kier molecular flexibility index (Phi) is 2.16. The fourth-order valence-corrected chi connectivity index (χ4v) is 1.26. The Morgan fingerprint density at radius 3 is 2.00 bits per heavy atom. The molecule has 0 aromatic heterocycles. The molecule has 0 saturated heterocycles. The molecule has 1 saturated carbocycles. The van der Waals surface area contributed by atoms with E-state index in [1.807, 2.05) is 0 Å². The number of carbonyl (C=O) groups excluding carboxylic acids is 1. The number of ketones is 1. The van der Waals surface area contributed by atoms with E-state index in [4.69, 9.17) is 5.73 Å². The Balaban J connectivity index is 2.68. The van der Waals surface area contributed by atoms with Crippen molar-refractivity contribution in [2.75, 3.05) is 0 Å². The molecule has 1 aliphatic carbocycles. The van der Waals surface area contributed by atoms with Crippen LogP contribution in [0.4, 0.5) is 13.2 Å². The van der Waals surface area contributed by atoms with E-state index in [2.05, 4.69) is 0 Å². The number of hydrogen-bond acceptors (Lipinski definition) is 2. The van der Waals surface area contributed by atoms with Gasteiger partial charge in [-0.05, 0) is 12.8 Å². The zero-order valence-corrected chi connectivity index (χ0v) is 6.45. The van der Waals surface area contributed by atoms with Crippen molar-refractivity contribution in [3.63, 3.8) is 0 Å². The molecule has 1 fully saturated rings. The molecule has 0 aromatic rings. The number of Topliss-reactive ketones (excluding diaryl/α,β-unsaturated/α-hetero) is 1. The number of nitrogens with two attached hydrogens (primary N) is 1. The highest BCUT2D eigenvalue weighted by Gasteiger charge is 2.52. The molecule has 12 heavy (non-hydrogen) atoms. The lowest BCUT2D eigenvalue weighted by molar-refractivity contribution is -0.193. The summed E-state index contributed by atoms with van der Waals surface area (Å²) in [6, 6.07) is 0. The number of carbonyl (C=O) groups is 1. The maximum absolute atomic E-state index is 12.2. The summed E-state index contributed by atoms with van der Waals surface area (Å²) >= 11 is 0. The van der Waals surface area contributed by atoms with Crippen molar-refractivity contribution in [1.82, 2.24) is 0 Å². The van der Waals surface area contributed by atoms with E-state index in [0.717, 1.165) is 0 Å². The van der Waals surface area contributed by atoms with Gasteiger partial charge in [0.1, 0.15) is 11.3 Å². The second-order valence-electron chi connectivity index (χ2n) is 3.19. The maximum Gasteiger partial charge on any atom is 0.406 e. The molecule has 0 atom stereocenters. The highest BCUT2D eigenvalue weighted by atomic mass is 19.4. The van der Waals surface area contributed by atoms with Gasteiger partial charge in [-0.15, -0.1) is 0 Å². The summed E-state index contributed by atoms with van der Waals surface area (Å²) < 4.78 is 36.6. The largest absolute Gasteiger partial charge is 0.406 e. The first kappa shape index (κ1) is 9.51. The number of halogens is 3. The number of alkyl halides is 3. The van der Waals surface area contributed by atoms with E-state index in [9.17, 15) is 18.0 Å². The van der Waals surface area contributed by atoms with Gasteiger partial charge in [0, 0.05) is 12.8 Å². The summed E-state index contributed by atoms with van der Waals surface area (Å²) in [4.78, 5) is 10.7. The van der Waals surface area contributed by atoms with Crippen LogP contribution in [-0.4, -0.2) is 17.5 Å². The van der Waals surface area contributed by atoms with Crippen LogP contribution in [0, 0.1) is 0 Å². The Labute approximate surface area is 67.9 Å². The quantitative estimate of drug-likeness (QED) is 0.613. The lowest BCUT2D eigenvalue weighted by Crippen LogP contribution is -2.55. The van der Waals surface area contributed by atoms with E-state index in [1.165, 1.54) is 0 Å². The van der Waals surface area contributed by atoms with Crippen LogP contribution in [0.2, 0.25) is 0 Å². The van der Waals surface area contributed by atoms with E-state index in [0.29, 0.717) is 0 Å². The number of rotatable bonds is 0. The van der Waals surface area contributed by atoms with Gasteiger partial charge in [-0.25, -0.2) is 0 Å². The summed E-state index contributed by atoms with van der Waals surface area (Å²) in [6.45, 7) is 0. The highest BCUT2D eigenvalue weighted by Crippen LogP contribution is 2.38. The van der Waals surface area contributed by atoms with Crippen LogP contribution >= 0.6 is 0 Å². The Morgan fingerprint density at radius 1 is 1.25 bits per heavy atom. The first-order valence-corrected chi connectivity index (χ1v) is 3.72. The average molecular weight is 181 g/mol. The van der Waals surface area contributed by atoms with Gasteiger partial charge in [-0.2, -0.15) is 13.2 Å². The predicted molar refractivity (Wildman–Crippen MR) is 36.4 cm³/mol. The minimum absolute atomic E-state index is 0.0456. The maximum atomic E-state index is 12.2. The standard InChI is InChI=1S/C7H10F3NO/c8-7(9,10)6(11)3-1-5(12)2-4-6/h1-4,11H2. The van der Waals surface area contributed by atoms with Crippen molar-refractivity contribution in [3.8, 4) is 0 Å². The molecular weight excluding hydrogens is 171 g/mol. The Bertz CT molecular complexity index is 189. The minimum atomic E-state index is -4.38. The molecule has 0 spiro atoms. The molecule has 0 aliphatic heterocycles. The van der Waals surface area contributed by atoms with Gasteiger partial charge in [0.05, 0.1) is 0 Å². The normalized spacial score (nSPS) is 24.2. The minimum Gasteiger partial charge on any atom is -0.318 e. The summed E-state index contributed by atoms with van der Waals surface area (Å²) in [5.74, 6) is -0.125. The molecular formula is C7H10F3NO. The van der Waals surface area contributed by atoms with Crippen LogP contribution in [0.1, 0.15) is 25.7 Å². The van der Waals surface area contributed by atoms with E-state index < -0.39 is 11.7 Å². The van der Waals surface area contributed by atoms with Gasteiger partial charge in [-0.3, -0.25) is 4.79 Å². The van der Waals surface area contributed by atoms with Gasteiger partial charge in [0.15, 0.2) is 0 Å². The van der Waals surface area contributed by atoms with Crippen molar-refractivity contribution in [2.24, 2.45) is 5.73 Å². The molecule has 0 heterocycles. The van der Waals surface area contributed by atoms with Crippen molar-refractivity contribution < 1.29 is 18.0 Å². The monoisotopic (exact) mass is 181 g/mol. The summed E-state index contributed by atoms with van der Waals surface area (Å²) in [5, 5.41) is 0. The number of hydrogen-bond donors (Lipinski definition) is 1. The zero-order chi connectivity index (χ0) is 9.41. The molecule has 0 bridgehead atoms. The van der Waals surface area contributed by atoms with E-state index in [-0.39, 0.29) is 31.5 Å². The van der Waals surface area contributed by atoms with Crippen LogP contribution < -0.4 is 5.73 Å². The third-order valence-electron chi connectivity index (χ3n) is 2.26. The summed E-state index contributed by atoms with van der Waals surface area (Å²) in [5.41, 5.74) is 3.00. The molecule has 0 amide bonds. The molecule has 0 radical (unpaired) electrons. The Hall–Kier alpha value is -0.580. The molecule has 0 aromatic carbocycles. The van der Waals surface area contributed by atoms with Gasteiger partial charge >= 0.3 is 6.18 Å². The predicted octanol–water partition coefficient (Wildman–Crippen LogP) is 1.39. The first-order valence-electron chi connectivity index (χ1n) is 3.72. The van der Waals surface area contributed by atoms with Crippen molar-refractivity contribution in [1.29, 1.82) is 0 Å². The van der Waals surface area contributed by atoms with Crippen LogP contribution in [0.25, 0.3) is 0 Å². The third kappa shape index (κ3) is 1.60. The van der Waals surface area contributed by atoms with Crippen molar-refractivity contribution >= 4 is 5.78 Å². The Morgan fingerprint density at radius 2 is 1.67 bits per heavy atom. The molecule has 1 aliphatic rings. The topological polar surface area (TPSA) is 43.1 Å². The van der Waals surface area contributed by atoms with Crippen molar-refractivity contribution in [2.45, 2.75) is 37.4 Å². The fraction of sp³-hybridized carbons (Fsp3) is 0.857. The molecule has 2 nitrogen and oxygen atoms in total. The summed E-state index contributed by atoms with van der Waals surface area (Å²) in [6.07, 6.45) is -5.01. The zero-order valence-electron chi connectivity index (χ0n) is 6.45. The summed E-state index contributed by atoms with van der Waals surface area (Å²) in [7, 11) is 0. The van der Waals surface area contributed by atoms with Gasteiger partial charge < -0.3 is 5.73 Å². The second-order valence-corrected chi connectivity index (χ2v) is 3.19. The van der Waals surface area contributed by atoms with Gasteiger partial charge in [0.2, 0.25) is 0 Å². The SMILES string of the molecule is NC1(C(F)(F)F)CCC(=O)CC1. The van der Waals surface area contributed by atoms with Crippen LogP contribution in [0.3, 0.4) is 0 Å². The first-order chi connectivity index (χ1) is 5.35. The molecule has 2 N–H and O–H groups in total. The molecule has 1 rings (SSSR count). The van der Waals surface area contributed by atoms with Crippen molar-refractivity contribution in [3.05, 3.63) is 0 Å². The molecule has 0 unspecified atom stereocenters. The van der Waals surface area contributed by atoms with E-state index in [1.54, 1.807) is 0 Å². The smallest absolute Gasteiger partial charge is 0.318 e. The molecule has 5 heteroatoms. The lowest BCUT2D eigenvalue weighted by Gasteiger charge is -2.34. The second kappa shape index (κ2) is 2.73. The molecule has 70 valence electrons. The van der Waals surface area contributed by atoms with Crippen LogP contribution in [0.15, 0.2) is 0 Å². The lowest BCUT2D eigenvalue weighted by atomic mass is 9.81. The van der Waals surface area contributed by atoms with E-state index >= 15 is 0 Å². The third-order valence-corrected chi connectivity index (χ3v) is 2.26. The van der Waals surface area contributed by atoms with Crippen LogP contribution in [0.5, 0.6) is 0 Å². The van der Waals surface area contributed by atoms with Crippen LogP contribution in [-0.2, 0) is 4.79 Å². The van der Waals surface area contributed by atoms with Gasteiger partial charge in [-0.1, -0.05) is 0 Å². The highest BCUT2D eigenvalue weighted by molar-refractivity contribution is 5.79.